The standard InChI is InChI=1S/C25H21ClFN3O4/c1-3-32-17-7-9-18(10-8-17)33-21-13-16(11-12-28-21)14-29-25(31)22-15(2)34-30-24(22)23-19(26)5-4-6-20(23)27/h4-13H,3,14H2,1-2H3,(H,29,31). The second kappa shape index (κ2) is 10.4. The first-order chi connectivity index (χ1) is 16.5. The molecular formula is C25H21ClFN3O4. The molecule has 34 heavy (non-hydrogen) atoms. The van der Waals surface area contributed by atoms with E-state index in [1.54, 1.807) is 37.4 Å². The number of ether oxygens (including phenoxy) is 2. The predicted octanol–water partition coefficient (Wildman–Crippen LogP) is 5.96. The molecule has 0 spiro atoms. The van der Waals surface area contributed by atoms with Crippen molar-refractivity contribution >= 4 is 17.5 Å². The number of benzene rings is 2. The van der Waals surface area contributed by atoms with Crippen molar-refractivity contribution in [1.82, 2.24) is 15.5 Å². The third-order valence-corrected chi connectivity index (χ3v) is 5.21. The van der Waals surface area contributed by atoms with E-state index in [2.05, 4.69) is 15.5 Å². The molecule has 1 amide bonds. The van der Waals surface area contributed by atoms with E-state index in [9.17, 15) is 9.18 Å². The molecule has 0 aliphatic carbocycles. The Morgan fingerprint density at radius 1 is 1.15 bits per heavy atom. The van der Waals surface area contributed by atoms with Crippen molar-refractivity contribution < 1.29 is 23.2 Å². The number of pyridine rings is 1. The van der Waals surface area contributed by atoms with Gasteiger partial charge in [-0.3, -0.25) is 4.79 Å². The number of amides is 1. The molecule has 174 valence electrons. The Morgan fingerprint density at radius 2 is 1.91 bits per heavy atom. The average Bonchev–Trinajstić information content (AvgIpc) is 3.20. The number of carbonyl (C=O) groups is 1. The van der Waals surface area contributed by atoms with Crippen molar-refractivity contribution in [3.05, 3.63) is 88.5 Å². The van der Waals surface area contributed by atoms with E-state index in [0.717, 1.165) is 11.3 Å². The topological polar surface area (TPSA) is 86.5 Å². The van der Waals surface area contributed by atoms with Gasteiger partial charge in [0, 0.05) is 18.8 Å². The van der Waals surface area contributed by atoms with Crippen LogP contribution in [0, 0.1) is 12.7 Å². The van der Waals surface area contributed by atoms with E-state index in [0.29, 0.717) is 18.2 Å². The summed E-state index contributed by atoms with van der Waals surface area (Å²) < 4.78 is 30.8. The molecule has 0 aliphatic heterocycles. The van der Waals surface area contributed by atoms with E-state index in [4.69, 9.17) is 25.6 Å². The van der Waals surface area contributed by atoms with Gasteiger partial charge in [-0.15, -0.1) is 0 Å². The number of rotatable bonds is 8. The molecule has 0 saturated carbocycles. The highest BCUT2D eigenvalue weighted by molar-refractivity contribution is 6.33. The Bertz CT molecular complexity index is 1290. The molecule has 0 atom stereocenters. The third-order valence-electron chi connectivity index (χ3n) is 4.90. The molecule has 0 aliphatic rings. The summed E-state index contributed by atoms with van der Waals surface area (Å²) in [4.78, 5) is 17.2. The minimum atomic E-state index is -0.597. The van der Waals surface area contributed by atoms with Gasteiger partial charge in [0.05, 0.1) is 17.2 Å². The van der Waals surface area contributed by atoms with Gasteiger partial charge >= 0.3 is 0 Å². The molecule has 0 bridgehead atoms. The normalized spacial score (nSPS) is 10.7. The second-order valence-electron chi connectivity index (χ2n) is 7.25. The molecular weight excluding hydrogens is 461 g/mol. The highest BCUT2D eigenvalue weighted by Gasteiger charge is 2.25. The summed E-state index contributed by atoms with van der Waals surface area (Å²) in [6.07, 6.45) is 1.58. The molecule has 7 nitrogen and oxygen atoms in total. The number of carbonyl (C=O) groups excluding carboxylic acids is 1. The number of aromatic nitrogens is 2. The lowest BCUT2D eigenvalue weighted by molar-refractivity contribution is 0.0950. The van der Waals surface area contributed by atoms with Gasteiger partial charge in [-0.2, -0.15) is 0 Å². The van der Waals surface area contributed by atoms with Crippen molar-refractivity contribution in [3.8, 4) is 28.6 Å². The van der Waals surface area contributed by atoms with Crippen LogP contribution in [0.2, 0.25) is 5.02 Å². The minimum Gasteiger partial charge on any atom is -0.494 e. The molecule has 2 aromatic heterocycles. The number of halogens is 2. The van der Waals surface area contributed by atoms with Gasteiger partial charge in [-0.05, 0) is 61.9 Å². The minimum absolute atomic E-state index is 0.0149. The van der Waals surface area contributed by atoms with Crippen molar-refractivity contribution in [2.75, 3.05) is 6.61 Å². The first-order valence-corrected chi connectivity index (χ1v) is 10.9. The summed E-state index contributed by atoms with van der Waals surface area (Å²) in [6, 6.07) is 14.9. The zero-order valence-electron chi connectivity index (χ0n) is 18.5. The van der Waals surface area contributed by atoms with Crippen LogP contribution in [0.15, 0.2) is 65.3 Å². The van der Waals surface area contributed by atoms with Gasteiger partial charge in [0.1, 0.15) is 34.3 Å². The van der Waals surface area contributed by atoms with Crippen LogP contribution >= 0.6 is 11.6 Å². The summed E-state index contributed by atoms with van der Waals surface area (Å²) in [5.41, 5.74) is 0.934. The number of hydrogen-bond donors (Lipinski definition) is 1. The van der Waals surface area contributed by atoms with Crippen LogP contribution in [0.5, 0.6) is 17.4 Å². The van der Waals surface area contributed by atoms with Crippen LogP contribution in [0.25, 0.3) is 11.3 Å². The first-order valence-electron chi connectivity index (χ1n) is 10.5. The SMILES string of the molecule is CCOc1ccc(Oc2cc(CNC(=O)c3c(-c4c(F)cccc4Cl)noc3C)ccn2)cc1. The quantitative estimate of drug-likeness (QED) is 0.334. The lowest BCUT2D eigenvalue weighted by atomic mass is 10.0. The Morgan fingerprint density at radius 3 is 2.65 bits per heavy atom. The lowest BCUT2D eigenvalue weighted by Gasteiger charge is -2.09. The Hall–Kier alpha value is -3.91. The van der Waals surface area contributed by atoms with Crippen molar-refractivity contribution in [2.24, 2.45) is 0 Å². The third kappa shape index (κ3) is 5.18. The maximum atomic E-state index is 14.4. The van der Waals surface area contributed by atoms with Crippen molar-refractivity contribution in [1.29, 1.82) is 0 Å². The fourth-order valence-corrected chi connectivity index (χ4v) is 3.57. The lowest BCUT2D eigenvalue weighted by Crippen LogP contribution is -2.23. The largest absolute Gasteiger partial charge is 0.494 e. The van der Waals surface area contributed by atoms with Gasteiger partial charge in [0.15, 0.2) is 0 Å². The molecule has 4 aromatic rings. The van der Waals surface area contributed by atoms with Gasteiger partial charge in [-0.25, -0.2) is 9.37 Å². The fourth-order valence-electron chi connectivity index (χ4n) is 3.31. The predicted molar refractivity (Wildman–Crippen MR) is 125 cm³/mol. The van der Waals surface area contributed by atoms with Gasteiger partial charge in [-0.1, -0.05) is 22.8 Å². The molecule has 0 unspecified atom stereocenters. The maximum absolute atomic E-state index is 14.4. The smallest absolute Gasteiger partial charge is 0.257 e. The Balaban J connectivity index is 1.47. The van der Waals surface area contributed by atoms with Crippen molar-refractivity contribution in [3.63, 3.8) is 0 Å². The Kier molecular flexibility index (Phi) is 7.08. The van der Waals surface area contributed by atoms with E-state index < -0.39 is 11.7 Å². The summed E-state index contributed by atoms with van der Waals surface area (Å²) in [5.74, 6) is 0.902. The summed E-state index contributed by atoms with van der Waals surface area (Å²) >= 11 is 6.15. The van der Waals surface area contributed by atoms with E-state index in [-0.39, 0.29) is 34.1 Å². The van der Waals surface area contributed by atoms with Crippen LogP contribution < -0.4 is 14.8 Å². The van der Waals surface area contributed by atoms with E-state index in [1.807, 2.05) is 19.1 Å². The number of hydrogen-bond acceptors (Lipinski definition) is 6. The number of nitrogens with zero attached hydrogens (tertiary/aromatic N) is 2. The molecule has 2 heterocycles. The fraction of sp³-hybridized carbons (Fsp3) is 0.160. The van der Waals surface area contributed by atoms with Gasteiger partial charge < -0.3 is 19.3 Å². The molecule has 4 rings (SSSR count). The molecule has 0 fully saturated rings. The summed E-state index contributed by atoms with van der Waals surface area (Å²) in [5, 5.41) is 6.79. The molecule has 1 N–H and O–H groups in total. The Labute approximate surface area is 200 Å². The average molecular weight is 482 g/mol. The zero-order valence-corrected chi connectivity index (χ0v) is 19.2. The highest BCUT2D eigenvalue weighted by atomic mass is 35.5. The van der Waals surface area contributed by atoms with E-state index >= 15 is 0 Å². The molecule has 2 aromatic carbocycles. The second-order valence-corrected chi connectivity index (χ2v) is 7.66. The number of aryl methyl sites for hydroxylation is 1. The molecule has 0 saturated heterocycles. The van der Waals surface area contributed by atoms with Crippen LogP contribution in [0.4, 0.5) is 4.39 Å². The van der Waals surface area contributed by atoms with Crippen LogP contribution in [0.3, 0.4) is 0 Å². The first kappa shape index (κ1) is 23.3. The molecule has 9 heteroatoms. The van der Waals surface area contributed by atoms with Gasteiger partial charge in [0.25, 0.3) is 5.91 Å². The van der Waals surface area contributed by atoms with Crippen LogP contribution in [-0.2, 0) is 6.54 Å². The maximum Gasteiger partial charge on any atom is 0.257 e. The zero-order chi connectivity index (χ0) is 24.1. The number of nitrogens with one attached hydrogen (secondary N) is 1. The summed E-state index contributed by atoms with van der Waals surface area (Å²) in [6.45, 7) is 4.25. The van der Waals surface area contributed by atoms with E-state index in [1.165, 1.54) is 18.2 Å². The van der Waals surface area contributed by atoms with Crippen LogP contribution in [-0.4, -0.2) is 22.7 Å². The van der Waals surface area contributed by atoms with Crippen LogP contribution in [0.1, 0.15) is 28.6 Å². The highest BCUT2D eigenvalue weighted by Crippen LogP contribution is 2.33. The van der Waals surface area contributed by atoms with Gasteiger partial charge in [0.2, 0.25) is 5.88 Å². The monoisotopic (exact) mass is 481 g/mol. The molecule has 0 radical (unpaired) electrons. The van der Waals surface area contributed by atoms with Crippen molar-refractivity contribution in [2.45, 2.75) is 20.4 Å². The summed E-state index contributed by atoms with van der Waals surface area (Å²) in [7, 11) is 0.